The largest absolute Gasteiger partial charge is 0.352 e. The van der Waals surface area contributed by atoms with Crippen LogP contribution in [0.1, 0.15) is 12.8 Å². The molecule has 2 amide bonds. The van der Waals surface area contributed by atoms with Crippen molar-refractivity contribution in [2.75, 3.05) is 36.4 Å². The molecule has 2 heterocycles. The van der Waals surface area contributed by atoms with Gasteiger partial charge in [0.05, 0.1) is 4.70 Å². The van der Waals surface area contributed by atoms with Gasteiger partial charge in [0.15, 0.2) is 0 Å². The van der Waals surface area contributed by atoms with Gasteiger partial charge in [0.2, 0.25) is 11.8 Å². The second kappa shape index (κ2) is 8.57. The molecule has 6 nitrogen and oxygen atoms in total. The number of halogens is 1. The maximum atomic E-state index is 12.9. The number of aromatic nitrogens is 1. The number of fused-ring (bicyclic) bond motifs is 1. The quantitative estimate of drug-likeness (QED) is 0.697. The van der Waals surface area contributed by atoms with E-state index in [9.17, 15) is 14.0 Å². The second-order valence-electron chi connectivity index (χ2n) is 6.93. The monoisotopic (exact) mass is 412 g/mol. The lowest BCUT2D eigenvalue weighted by molar-refractivity contribution is -0.133. The molecule has 1 aliphatic rings. The summed E-state index contributed by atoms with van der Waals surface area (Å²) in [5.41, 5.74) is 0.521. The number of benzene rings is 2. The van der Waals surface area contributed by atoms with E-state index in [1.807, 2.05) is 12.1 Å². The third-order valence-electron chi connectivity index (χ3n) is 4.98. The van der Waals surface area contributed by atoms with Gasteiger partial charge in [0, 0.05) is 50.1 Å². The SMILES string of the molecule is O=C(CCC(=O)N1CCN(c2nsc3ccccc23)CC1)Nc1ccc(F)cc1. The van der Waals surface area contributed by atoms with Crippen molar-refractivity contribution in [1.82, 2.24) is 9.27 Å². The van der Waals surface area contributed by atoms with E-state index in [1.165, 1.54) is 35.8 Å². The molecule has 2 aromatic carbocycles. The van der Waals surface area contributed by atoms with E-state index in [0.29, 0.717) is 18.8 Å². The number of hydrogen-bond donors (Lipinski definition) is 1. The predicted octanol–water partition coefficient (Wildman–Crippen LogP) is 3.50. The summed E-state index contributed by atoms with van der Waals surface area (Å²) in [5, 5.41) is 3.83. The molecular weight excluding hydrogens is 391 g/mol. The van der Waals surface area contributed by atoms with Gasteiger partial charge >= 0.3 is 0 Å². The Balaban J connectivity index is 1.25. The molecule has 4 rings (SSSR count). The number of carbonyl (C=O) groups excluding carboxylic acids is 2. The molecule has 0 atom stereocenters. The molecule has 1 fully saturated rings. The normalized spacial score (nSPS) is 14.2. The Hall–Kier alpha value is -3.00. The maximum Gasteiger partial charge on any atom is 0.224 e. The van der Waals surface area contributed by atoms with E-state index in [1.54, 1.807) is 4.90 Å². The van der Waals surface area contributed by atoms with E-state index >= 15 is 0 Å². The van der Waals surface area contributed by atoms with Gasteiger partial charge in [-0.25, -0.2) is 4.39 Å². The molecular formula is C21H21FN4O2S. The van der Waals surface area contributed by atoms with E-state index in [0.717, 1.165) is 29.0 Å². The van der Waals surface area contributed by atoms with Gasteiger partial charge in [-0.3, -0.25) is 9.59 Å². The molecule has 0 saturated carbocycles. The molecule has 0 unspecified atom stereocenters. The molecule has 0 radical (unpaired) electrons. The Labute approximate surface area is 172 Å². The van der Waals surface area contributed by atoms with E-state index < -0.39 is 0 Å². The number of hydrogen-bond acceptors (Lipinski definition) is 5. The number of anilines is 2. The van der Waals surface area contributed by atoms with Gasteiger partial charge in [-0.05, 0) is 47.9 Å². The first kappa shape index (κ1) is 19.3. The highest BCUT2D eigenvalue weighted by Gasteiger charge is 2.23. The molecule has 3 aromatic rings. The fourth-order valence-electron chi connectivity index (χ4n) is 3.40. The third-order valence-corrected chi connectivity index (χ3v) is 5.80. The topological polar surface area (TPSA) is 65.5 Å². The van der Waals surface area contributed by atoms with Crippen molar-refractivity contribution < 1.29 is 14.0 Å². The Morgan fingerprint density at radius 1 is 1.00 bits per heavy atom. The van der Waals surface area contributed by atoms with Gasteiger partial charge in [0.25, 0.3) is 0 Å². The van der Waals surface area contributed by atoms with Crippen molar-refractivity contribution in [3.05, 3.63) is 54.3 Å². The minimum atomic E-state index is -0.358. The summed E-state index contributed by atoms with van der Waals surface area (Å²) in [4.78, 5) is 28.5. The maximum absolute atomic E-state index is 12.9. The minimum Gasteiger partial charge on any atom is -0.352 e. The van der Waals surface area contributed by atoms with Crippen LogP contribution < -0.4 is 10.2 Å². The fourth-order valence-corrected chi connectivity index (χ4v) is 4.20. The van der Waals surface area contributed by atoms with Crippen molar-refractivity contribution >= 4 is 44.9 Å². The van der Waals surface area contributed by atoms with Crippen LogP contribution in [-0.2, 0) is 9.59 Å². The van der Waals surface area contributed by atoms with E-state index in [2.05, 4.69) is 26.7 Å². The highest BCUT2D eigenvalue weighted by molar-refractivity contribution is 7.13. The summed E-state index contributed by atoms with van der Waals surface area (Å²) in [6, 6.07) is 13.7. The summed E-state index contributed by atoms with van der Waals surface area (Å²) in [6.07, 6.45) is 0.264. The van der Waals surface area contributed by atoms with Crippen LogP contribution in [0.25, 0.3) is 10.1 Å². The van der Waals surface area contributed by atoms with Crippen LogP contribution in [0, 0.1) is 5.82 Å². The molecule has 1 saturated heterocycles. The standard InChI is InChI=1S/C21H21FN4O2S/c22-15-5-7-16(8-6-15)23-19(27)9-10-20(28)25-11-13-26(14-12-25)21-17-3-1-2-4-18(17)29-24-21/h1-8H,9-14H2,(H,23,27). The van der Waals surface area contributed by atoms with Crippen molar-refractivity contribution in [1.29, 1.82) is 0 Å². The molecule has 1 aliphatic heterocycles. The average Bonchev–Trinajstić information content (AvgIpc) is 3.18. The first-order valence-electron chi connectivity index (χ1n) is 9.53. The van der Waals surface area contributed by atoms with Crippen molar-refractivity contribution in [3.8, 4) is 0 Å². The molecule has 0 bridgehead atoms. The lowest BCUT2D eigenvalue weighted by Gasteiger charge is -2.35. The summed E-state index contributed by atoms with van der Waals surface area (Å²) in [5.74, 6) is 0.346. The molecule has 29 heavy (non-hydrogen) atoms. The summed E-state index contributed by atoms with van der Waals surface area (Å²) >= 11 is 1.49. The van der Waals surface area contributed by atoms with Gasteiger partial charge in [-0.1, -0.05) is 12.1 Å². The van der Waals surface area contributed by atoms with Crippen LogP contribution in [0.3, 0.4) is 0 Å². The van der Waals surface area contributed by atoms with Crippen LogP contribution in [-0.4, -0.2) is 47.3 Å². The molecule has 0 spiro atoms. The van der Waals surface area contributed by atoms with Crippen LogP contribution in [0.5, 0.6) is 0 Å². The second-order valence-corrected chi connectivity index (χ2v) is 7.73. The van der Waals surface area contributed by atoms with E-state index in [-0.39, 0.29) is 30.5 Å². The van der Waals surface area contributed by atoms with Gasteiger partial charge < -0.3 is 15.1 Å². The molecule has 8 heteroatoms. The Morgan fingerprint density at radius 2 is 1.72 bits per heavy atom. The molecule has 150 valence electrons. The number of rotatable bonds is 5. The first-order chi connectivity index (χ1) is 14.1. The lowest BCUT2D eigenvalue weighted by Crippen LogP contribution is -2.49. The predicted molar refractivity (Wildman–Crippen MR) is 113 cm³/mol. The number of amides is 2. The first-order valence-corrected chi connectivity index (χ1v) is 10.3. The molecule has 1 aromatic heterocycles. The fraction of sp³-hybridized carbons (Fsp3) is 0.286. The van der Waals surface area contributed by atoms with E-state index in [4.69, 9.17) is 0 Å². The van der Waals surface area contributed by atoms with Crippen LogP contribution in [0.15, 0.2) is 48.5 Å². The van der Waals surface area contributed by atoms with Crippen LogP contribution in [0.4, 0.5) is 15.9 Å². The highest BCUT2D eigenvalue weighted by atomic mass is 32.1. The number of nitrogens with one attached hydrogen (secondary N) is 1. The summed E-state index contributed by atoms with van der Waals surface area (Å²) < 4.78 is 18.7. The molecule has 1 N–H and O–H groups in total. The Bertz CT molecular complexity index is 1010. The Morgan fingerprint density at radius 3 is 2.48 bits per heavy atom. The number of carbonyl (C=O) groups is 2. The smallest absolute Gasteiger partial charge is 0.224 e. The summed E-state index contributed by atoms with van der Waals surface area (Å²) in [6.45, 7) is 2.68. The van der Waals surface area contributed by atoms with Crippen LogP contribution >= 0.6 is 11.5 Å². The van der Waals surface area contributed by atoms with Crippen LogP contribution in [0.2, 0.25) is 0 Å². The van der Waals surface area contributed by atoms with Gasteiger partial charge in [0.1, 0.15) is 11.6 Å². The number of piperazine rings is 1. The minimum absolute atomic E-state index is 0.0259. The zero-order chi connectivity index (χ0) is 20.2. The lowest BCUT2D eigenvalue weighted by atomic mass is 10.2. The van der Waals surface area contributed by atoms with Crippen molar-refractivity contribution in [2.45, 2.75) is 12.8 Å². The van der Waals surface area contributed by atoms with Crippen molar-refractivity contribution in [3.63, 3.8) is 0 Å². The zero-order valence-electron chi connectivity index (χ0n) is 15.8. The Kier molecular flexibility index (Phi) is 5.71. The van der Waals surface area contributed by atoms with Crippen molar-refractivity contribution in [2.24, 2.45) is 0 Å². The zero-order valence-corrected chi connectivity index (χ0v) is 16.6. The summed E-state index contributed by atoms with van der Waals surface area (Å²) in [7, 11) is 0. The average molecular weight is 412 g/mol. The van der Waals surface area contributed by atoms with Gasteiger partial charge in [-0.15, -0.1) is 0 Å². The highest BCUT2D eigenvalue weighted by Crippen LogP contribution is 2.29. The van der Waals surface area contributed by atoms with Gasteiger partial charge in [-0.2, -0.15) is 4.37 Å². The third kappa shape index (κ3) is 4.54. The molecule has 0 aliphatic carbocycles. The number of nitrogens with zero attached hydrogens (tertiary/aromatic N) is 3.